The van der Waals surface area contributed by atoms with E-state index in [2.05, 4.69) is 6.92 Å². The van der Waals surface area contributed by atoms with E-state index < -0.39 is 0 Å². The molecule has 0 radical (unpaired) electrons. The van der Waals surface area contributed by atoms with Gasteiger partial charge in [-0.05, 0) is 31.5 Å². The van der Waals surface area contributed by atoms with Gasteiger partial charge in [0, 0.05) is 13.1 Å². The van der Waals surface area contributed by atoms with E-state index in [9.17, 15) is 9.90 Å². The summed E-state index contributed by atoms with van der Waals surface area (Å²) >= 11 is 0. The molecular weight excluding hydrogens is 230 g/mol. The van der Waals surface area contributed by atoms with Crippen LogP contribution in [0.2, 0.25) is 0 Å². The third-order valence-corrected chi connectivity index (χ3v) is 3.12. The van der Waals surface area contributed by atoms with Crippen molar-refractivity contribution in [3.05, 3.63) is 23.8 Å². The van der Waals surface area contributed by atoms with E-state index in [0.717, 1.165) is 12.8 Å². The summed E-state index contributed by atoms with van der Waals surface area (Å²) in [5, 5.41) is 9.76. The zero-order valence-corrected chi connectivity index (χ0v) is 11.4. The van der Waals surface area contributed by atoms with Crippen molar-refractivity contribution in [3.63, 3.8) is 0 Å². The molecule has 1 atom stereocenters. The molecule has 1 N–H and O–H groups in total. The van der Waals surface area contributed by atoms with E-state index in [4.69, 9.17) is 4.74 Å². The minimum absolute atomic E-state index is 0.0173. The van der Waals surface area contributed by atoms with E-state index in [1.807, 2.05) is 6.92 Å². The fourth-order valence-electron chi connectivity index (χ4n) is 1.82. The molecule has 0 fully saturated rings. The predicted molar refractivity (Wildman–Crippen MR) is 71.1 cm³/mol. The molecule has 0 spiro atoms. The maximum Gasteiger partial charge on any atom is 0.257 e. The summed E-state index contributed by atoms with van der Waals surface area (Å²) < 4.78 is 5.07. The van der Waals surface area contributed by atoms with E-state index in [-0.39, 0.29) is 23.3 Å². The zero-order chi connectivity index (χ0) is 13.7. The van der Waals surface area contributed by atoms with Gasteiger partial charge in [0.1, 0.15) is 11.5 Å². The summed E-state index contributed by atoms with van der Waals surface area (Å²) in [6.45, 7) is 4.08. The van der Waals surface area contributed by atoms with Crippen molar-refractivity contribution in [2.24, 2.45) is 0 Å². The van der Waals surface area contributed by atoms with Gasteiger partial charge in [-0.2, -0.15) is 0 Å². The van der Waals surface area contributed by atoms with Gasteiger partial charge in [0.25, 0.3) is 5.91 Å². The smallest absolute Gasteiger partial charge is 0.257 e. The Hall–Kier alpha value is -1.71. The Morgan fingerprint density at radius 2 is 2.17 bits per heavy atom. The first-order chi connectivity index (χ1) is 8.51. The Kier molecular flexibility index (Phi) is 5.01. The van der Waals surface area contributed by atoms with Gasteiger partial charge in [0.15, 0.2) is 0 Å². The van der Waals surface area contributed by atoms with Gasteiger partial charge < -0.3 is 14.7 Å². The monoisotopic (exact) mass is 251 g/mol. The Bertz CT molecular complexity index is 418. The van der Waals surface area contributed by atoms with Gasteiger partial charge in [-0.25, -0.2) is 0 Å². The molecule has 0 bridgehead atoms. The third kappa shape index (κ3) is 3.15. The molecule has 1 aromatic rings. The molecule has 1 aromatic carbocycles. The van der Waals surface area contributed by atoms with Crippen LogP contribution < -0.4 is 4.74 Å². The van der Waals surface area contributed by atoms with E-state index in [1.165, 1.54) is 13.2 Å². The van der Waals surface area contributed by atoms with Crippen LogP contribution in [0.3, 0.4) is 0 Å². The largest absolute Gasteiger partial charge is 0.507 e. The fourth-order valence-corrected chi connectivity index (χ4v) is 1.82. The molecule has 0 aliphatic heterocycles. The number of carbonyl (C=O) groups is 1. The summed E-state index contributed by atoms with van der Waals surface area (Å²) in [5.74, 6) is 0.358. The van der Waals surface area contributed by atoms with Crippen LogP contribution in [-0.2, 0) is 0 Å². The molecule has 1 rings (SSSR count). The number of hydrogen-bond acceptors (Lipinski definition) is 3. The lowest BCUT2D eigenvalue weighted by atomic mass is 10.1. The van der Waals surface area contributed by atoms with Crippen molar-refractivity contribution in [1.82, 2.24) is 4.90 Å². The first-order valence-corrected chi connectivity index (χ1v) is 6.15. The second-order valence-electron chi connectivity index (χ2n) is 4.44. The van der Waals surface area contributed by atoms with Crippen LogP contribution in [0.4, 0.5) is 0 Å². The Labute approximate surface area is 108 Å². The molecule has 0 aromatic heterocycles. The van der Waals surface area contributed by atoms with Crippen molar-refractivity contribution in [2.75, 3.05) is 14.2 Å². The van der Waals surface area contributed by atoms with Crippen LogP contribution in [0.15, 0.2) is 18.2 Å². The SMILES string of the molecule is CCCC(C)N(C)C(=O)c1cc(OC)ccc1O. The highest BCUT2D eigenvalue weighted by molar-refractivity contribution is 5.97. The summed E-state index contributed by atoms with van der Waals surface area (Å²) in [6.07, 6.45) is 1.95. The Morgan fingerprint density at radius 3 is 2.72 bits per heavy atom. The minimum atomic E-state index is -0.188. The fraction of sp³-hybridized carbons (Fsp3) is 0.500. The van der Waals surface area contributed by atoms with Crippen LogP contribution in [-0.4, -0.2) is 36.1 Å². The zero-order valence-electron chi connectivity index (χ0n) is 11.4. The second-order valence-corrected chi connectivity index (χ2v) is 4.44. The Morgan fingerprint density at radius 1 is 1.50 bits per heavy atom. The number of nitrogens with zero attached hydrogens (tertiary/aromatic N) is 1. The highest BCUT2D eigenvalue weighted by Crippen LogP contribution is 2.24. The number of hydrogen-bond donors (Lipinski definition) is 1. The van der Waals surface area contributed by atoms with Gasteiger partial charge in [-0.15, -0.1) is 0 Å². The van der Waals surface area contributed by atoms with Crippen LogP contribution in [0, 0.1) is 0 Å². The predicted octanol–water partition coefficient (Wildman–Crippen LogP) is 2.66. The highest BCUT2D eigenvalue weighted by Gasteiger charge is 2.20. The van der Waals surface area contributed by atoms with Crippen molar-refractivity contribution >= 4 is 5.91 Å². The standard InChI is InChI=1S/C14H21NO3/c1-5-6-10(2)15(3)14(17)12-9-11(18-4)7-8-13(12)16/h7-10,16H,5-6H2,1-4H3. The maximum atomic E-state index is 12.3. The lowest BCUT2D eigenvalue weighted by Crippen LogP contribution is -2.35. The van der Waals surface area contributed by atoms with Crippen molar-refractivity contribution in [1.29, 1.82) is 0 Å². The maximum absolute atomic E-state index is 12.3. The number of rotatable bonds is 5. The number of ether oxygens (including phenoxy) is 1. The third-order valence-electron chi connectivity index (χ3n) is 3.12. The highest BCUT2D eigenvalue weighted by atomic mass is 16.5. The Balaban J connectivity index is 2.95. The van der Waals surface area contributed by atoms with E-state index >= 15 is 0 Å². The van der Waals surface area contributed by atoms with Gasteiger partial charge >= 0.3 is 0 Å². The number of phenols is 1. The normalized spacial score (nSPS) is 12.0. The van der Waals surface area contributed by atoms with Crippen LogP contribution in [0.1, 0.15) is 37.0 Å². The van der Waals surface area contributed by atoms with Gasteiger partial charge in [-0.3, -0.25) is 4.79 Å². The van der Waals surface area contributed by atoms with E-state index in [1.54, 1.807) is 24.1 Å². The number of phenolic OH excluding ortho intramolecular Hbond substituents is 1. The molecule has 4 nitrogen and oxygen atoms in total. The lowest BCUT2D eigenvalue weighted by Gasteiger charge is -2.25. The van der Waals surface area contributed by atoms with Gasteiger partial charge in [0.05, 0.1) is 12.7 Å². The first-order valence-electron chi connectivity index (χ1n) is 6.15. The average Bonchev–Trinajstić information content (AvgIpc) is 2.38. The summed E-state index contributed by atoms with van der Waals surface area (Å²) in [4.78, 5) is 13.9. The second kappa shape index (κ2) is 6.28. The summed E-state index contributed by atoms with van der Waals surface area (Å²) in [6, 6.07) is 4.81. The van der Waals surface area contributed by atoms with Crippen molar-refractivity contribution < 1.29 is 14.6 Å². The van der Waals surface area contributed by atoms with Crippen molar-refractivity contribution in [2.45, 2.75) is 32.7 Å². The molecule has 0 heterocycles. The molecule has 0 saturated heterocycles. The molecule has 0 aliphatic carbocycles. The van der Waals surface area contributed by atoms with E-state index in [0.29, 0.717) is 5.75 Å². The molecule has 1 unspecified atom stereocenters. The van der Waals surface area contributed by atoms with Gasteiger partial charge in [-0.1, -0.05) is 13.3 Å². The number of benzene rings is 1. The number of aromatic hydroxyl groups is 1. The summed E-state index contributed by atoms with van der Waals surface area (Å²) in [5.41, 5.74) is 0.278. The summed E-state index contributed by atoms with van der Waals surface area (Å²) in [7, 11) is 3.28. The number of carbonyl (C=O) groups excluding carboxylic acids is 1. The molecular formula is C14H21NO3. The van der Waals surface area contributed by atoms with Crippen LogP contribution >= 0.6 is 0 Å². The quantitative estimate of drug-likeness (QED) is 0.875. The molecule has 1 amide bonds. The van der Waals surface area contributed by atoms with Crippen LogP contribution in [0.25, 0.3) is 0 Å². The molecule has 18 heavy (non-hydrogen) atoms. The topological polar surface area (TPSA) is 49.8 Å². The molecule has 100 valence electrons. The molecule has 0 saturated carbocycles. The molecule has 4 heteroatoms. The van der Waals surface area contributed by atoms with Crippen LogP contribution in [0.5, 0.6) is 11.5 Å². The lowest BCUT2D eigenvalue weighted by molar-refractivity contribution is 0.0733. The number of amides is 1. The van der Waals surface area contributed by atoms with Crippen molar-refractivity contribution in [3.8, 4) is 11.5 Å². The van der Waals surface area contributed by atoms with Gasteiger partial charge in [0.2, 0.25) is 0 Å². The average molecular weight is 251 g/mol. The number of methoxy groups -OCH3 is 1. The minimum Gasteiger partial charge on any atom is -0.507 e. The molecule has 0 aliphatic rings. The first kappa shape index (κ1) is 14.4.